The van der Waals surface area contributed by atoms with Crippen LogP contribution in [0.25, 0.3) is 0 Å². The highest BCUT2D eigenvalue weighted by Crippen LogP contribution is 2.17. The predicted molar refractivity (Wildman–Crippen MR) is 38.1 cm³/mol. The lowest BCUT2D eigenvalue weighted by Gasteiger charge is -2.34. The number of aliphatic hydroxyl groups is 3. The number of ether oxygens (including phenoxy) is 1. The summed E-state index contributed by atoms with van der Waals surface area (Å²) in [5, 5.41) is 27.5. The summed E-state index contributed by atoms with van der Waals surface area (Å²) in [6.45, 7) is 1.97. The molecule has 0 aliphatic carbocycles. The summed E-state index contributed by atoms with van der Waals surface area (Å²) >= 11 is 0. The van der Waals surface area contributed by atoms with Crippen molar-refractivity contribution in [2.24, 2.45) is 0 Å². The average Bonchev–Trinajstić information content (AvgIpc) is 2.01. The number of hydrogen-bond acceptors (Lipinski definition) is 4. The van der Waals surface area contributed by atoms with Gasteiger partial charge in [-0.3, -0.25) is 0 Å². The highest BCUT2D eigenvalue weighted by Gasteiger charge is 2.36. The van der Waals surface area contributed by atoms with Crippen molar-refractivity contribution in [3.8, 4) is 0 Å². The Morgan fingerprint density at radius 1 is 1.27 bits per heavy atom. The second-order valence-corrected chi connectivity index (χ2v) is 2.83. The lowest BCUT2D eigenvalue weighted by Crippen LogP contribution is -2.52. The van der Waals surface area contributed by atoms with Crippen LogP contribution in [0.4, 0.5) is 0 Å². The molecule has 0 radical (unpaired) electrons. The van der Waals surface area contributed by atoms with Crippen LogP contribution < -0.4 is 0 Å². The van der Waals surface area contributed by atoms with E-state index in [1.54, 1.807) is 0 Å². The second kappa shape index (κ2) is 3.49. The van der Waals surface area contributed by atoms with Gasteiger partial charge in [0.25, 0.3) is 0 Å². The van der Waals surface area contributed by atoms with Crippen LogP contribution in [0.1, 0.15) is 13.3 Å². The lowest BCUT2D eigenvalue weighted by molar-refractivity contribution is -0.187. The van der Waals surface area contributed by atoms with Crippen molar-refractivity contribution >= 4 is 0 Å². The monoisotopic (exact) mass is 162 g/mol. The molecule has 0 aromatic heterocycles. The summed E-state index contributed by atoms with van der Waals surface area (Å²) in [5.74, 6) is 0. The number of aliphatic hydroxyl groups excluding tert-OH is 3. The highest BCUT2D eigenvalue weighted by atomic mass is 16.5. The van der Waals surface area contributed by atoms with Crippen molar-refractivity contribution in [2.45, 2.75) is 37.8 Å². The lowest BCUT2D eigenvalue weighted by atomic mass is 9.99. The molecule has 3 unspecified atom stereocenters. The third-order valence-electron chi connectivity index (χ3n) is 2.01. The maximum Gasteiger partial charge on any atom is 0.111 e. The minimum atomic E-state index is -1.06. The first-order valence-electron chi connectivity index (χ1n) is 3.82. The highest BCUT2D eigenvalue weighted by molar-refractivity contribution is 4.85. The Labute approximate surface area is 65.4 Å². The summed E-state index contributed by atoms with van der Waals surface area (Å²) in [5.41, 5.74) is 0. The van der Waals surface area contributed by atoms with E-state index >= 15 is 0 Å². The van der Waals surface area contributed by atoms with Crippen LogP contribution in [0.15, 0.2) is 0 Å². The largest absolute Gasteiger partial charge is 0.388 e. The van der Waals surface area contributed by atoms with Gasteiger partial charge in [0, 0.05) is 0 Å². The zero-order valence-electron chi connectivity index (χ0n) is 6.47. The summed E-state index contributed by atoms with van der Waals surface area (Å²) in [4.78, 5) is 0. The van der Waals surface area contributed by atoms with Crippen LogP contribution in [0, 0.1) is 0 Å². The Balaban J connectivity index is 2.52. The van der Waals surface area contributed by atoms with E-state index in [-0.39, 0.29) is 12.7 Å². The Morgan fingerprint density at radius 3 is 2.45 bits per heavy atom. The number of rotatable bonds is 1. The van der Waals surface area contributed by atoms with Crippen molar-refractivity contribution in [1.82, 2.24) is 0 Å². The summed E-state index contributed by atoms with van der Waals surface area (Å²) < 4.78 is 5.06. The molecule has 0 bridgehead atoms. The zero-order chi connectivity index (χ0) is 8.43. The molecule has 1 rings (SSSR count). The van der Waals surface area contributed by atoms with Gasteiger partial charge >= 0.3 is 0 Å². The maximum atomic E-state index is 9.27. The van der Waals surface area contributed by atoms with Gasteiger partial charge in [-0.05, 0) is 6.42 Å². The van der Waals surface area contributed by atoms with E-state index in [4.69, 9.17) is 14.9 Å². The predicted octanol–water partition coefficient (Wildman–Crippen LogP) is -1.12. The van der Waals surface area contributed by atoms with Crippen molar-refractivity contribution < 1.29 is 20.1 Å². The van der Waals surface area contributed by atoms with Gasteiger partial charge < -0.3 is 20.1 Å². The van der Waals surface area contributed by atoms with Crippen LogP contribution in [0.5, 0.6) is 0 Å². The fourth-order valence-corrected chi connectivity index (χ4v) is 1.23. The summed E-state index contributed by atoms with van der Waals surface area (Å²) in [6.07, 6.45) is -2.66. The molecule has 11 heavy (non-hydrogen) atoms. The van der Waals surface area contributed by atoms with Crippen LogP contribution in [-0.2, 0) is 4.74 Å². The molecule has 0 amide bonds. The standard InChI is InChI=1S/C7H14O4/c1-2-5-7(10)6(9)4(8)3-11-5/h4-10H,2-3H2,1H3/t4?,5-,6?,7?/m1/s1. The third kappa shape index (κ3) is 1.70. The smallest absolute Gasteiger partial charge is 0.111 e. The van der Waals surface area contributed by atoms with E-state index in [9.17, 15) is 5.11 Å². The molecular formula is C7H14O4. The van der Waals surface area contributed by atoms with E-state index in [2.05, 4.69) is 0 Å². The van der Waals surface area contributed by atoms with Gasteiger partial charge in [-0.15, -0.1) is 0 Å². The minimum absolute atomic E-state index is 0.108. The normalized spacial score (nSPS) is 45.8. The van der Waals surface area contributed by atoms with E-state index < -0.39 is 18.3 Å². The van der Waals surface area contributed by atoms with Crippen molar-refractivity contribution in [2.75, 3.05) is 6.61 Å². The Morgan fingerprint density at radius 2 is 1.91 bits per heavy atom. The van der Waals surface area contributed by atoms with Gasteiger partial charge in [0.05, 0.1) is 12.7 Å². The SMILES string of the molecule is CC[C@H]1OCC(O)C(O)C1O. The van der Waals surface area contributed by atoms with Gasteiger partial charge in [-0.1, -0.05) is 6.92 Å². The van der Waals surface area contributed by atoms with Crippen LogP contribution >= 0.6 is 0 Å². The summed E-state index contributed by atoms with van der Waals surface area (Å²) in [7, 11) is 0. The topological polar surface area (TPSA) is 69.9 Å². The Bertz CT molecular complexity index is 126. The molecule has 4 nitrogen and oxygen atoms in total. The summed E-state index contributed by atoms with van der Waals surface area (Å²) in [6, 6.07) is 0. The molecular weight excluding hydrogens is 148 g/mol. The molecule has 0 saturated carbocycles. The van der Waals surface area contributed by atoms with Gasteiger partial charge in [-0.2, -0.15) is 0 Å². The molecule has 0 aromatic rings. The first kappa shape index (κ1) is 8.93. The van der Waals surface area contributed by atoms with Crippen molar-refractivity contribution in [1.29, 1.82) is 0 Å². The van der Waals surface area contributed by atoms with Gasteiger partial charge in [0.2, 0.25) is 0 Å². The Kier molecular flexibility index (Phi) is 2.84. The van der Waals surface area contributed by atoms with Crippen LogP contribution in [0.3, 0.4) is 0 Å². The fraction of sp³-hybridized carbons (Fsp3) is 1.00. The second-order valence-electron chi connectivity index (χ2n) is 2.83. The molecule has 1 heterocycles. The molecule has 0 aromatic carbocycles. The van der Waals surface area contributed by atoms with Gasteiger partial charge in [-0.25, -0.2) is 0 Å². The molecule has 4 atom stereocenters. The Hall–Kier alpha value is -0.160. The molecule has 1 aliphatic rings. The minimum Gasteiger partial charge on any atom is -0.388 e. The van der Waals surface area contributed by atoms with Crippen LogP contribution in [-0.4, -0.2) is 46.3 Å². The van der Waals surface area contributed by atoms with Gasteiger partial charge in [0.1, 0.15) is 18.3 Å². The number of hydrogen-bond donors (Lipinski definition) is 3. The molecule has 1 aliphatic heterocycles. The maximum absolute atomic E-state index is 9.27. The fourth-order valence-electron chi connectivity index (χ4n) is 1.23. The average molecular weight is 162 g/mol. The third-order valence-corrected chi connectivity index (χ3v) is 2.01. The molecule has 1 fully saturated rings. The molecule has 4 heteroatoms. The molecule has 1 saturated heterocycles. The zero-order valence-corrected chi connectivity index (χ0v) is 6.47. The van der Waals surface area contributed by atoms with E-state index in [0.29, 0.717) is 6.42 Å². The van der Waals surface area contributed by atoms with E-state index in [0.717, 1.165) is 0 Å². The molecule has 0 spiro atoms. The van der Waals surface area contributed by atoms with Crippen molar-refractivity contribution in [3.63, 3.8) is 0 Å². The van der Waals surface area contributed by atoms with Crippen molar-refractivity contribution in [3.05, 3.63) is 0 Å². The van der Waals surface area contributed by atoms with E-state index in [1.165, 1.54) is 0 Å². The molecule has 66 valence electrons. The quantitative estimate of drug-likeness (QED) is 0.456. The van der Waals surface area contributed by atoms with Crippen LogP contribution in [0.2, 0.25) is 0 Å². The van der Waals surface area contributed by atoms with Gasteiger partial charge in [0.15, 0.2) is 0 Å². The molecule has 3 N–H and O–H groups in total. The first-order valence-corrected chi connectivity index (χ1v) is 3.82. The first-order chi connectivity index (χ1) is 5.16. The van der Waals surface area contributed by atoms with E-state index in [1.807, 2.05) is 6.92 Å².